The van der Waals surface area contributed by atoms with E-state index in [9.17, 15) is 4.79 Å². The number of hydrogen-bond acceptors (Lipinski definition) is 4. The van der Waals surface area contributed by atoms with Crippen LogP contribution in [0, 0.1) is 5.92 Å². The third-order valence-corrected chi connectivity index (χ3v) is 2.42. The lowest BCUT2D eigenvalue weighted by Crippen LogP contribution is -2.33. The second kappa shape index (κ2) is 4.76. The third-order valence-electron chi connectivity index (χ3n) is 2.42. The highest BCUT2D eigenvalue weighted by Crippen LogP contribution is 2.18. The Hall–Kier alpha value is -1.91. The lowest BCUT2D eigenvalue weighted by atomic mass is 9.97. The molecule has 1 atom stereocenters. The van der Waals surface area contributed by atoms with Crippen molar-refractivity contribution in [2.75, 3.05) is 0 Å². The summed E-state index contributed by atoms with van der Waals surface area (Å²) in [5.41, 5.74) is 0.408. The average molecular weight is 247 g/mol. The zero-order valence-corrected chi connectivity index (χ0v) is 10.8. The SMILES string of the molecule is CC(C)(C)OC(=O)NC1=CCC2C=NC=CC2=N1. The van der Waals surface area contributed by atoms with Crippen LogP contribution in [0.4, 0.5) is 4.79 Å². The number of carbonyl (C=O) groups excluding carboxylic acids is 1. The van der Waals surface area contributed by atoms with Gasteiger partial charge in [0.2, 0.25) is 0 Å². The zero-order chi connectivity index (χ0) is 13.2. The number of fused-ring (bicyclic) bond motifs is 1. The smallest absolute Gasteiger partial charge is 0.413 e. The van der Waals surface area contributed by atoms with Crippen LogP contribution in [0.2, 0.25) is 0 Å². The van der Waals surface area contributed by atoms with Crippen molar-refractivity contribution < 1.29 is 9.53 Å². The minimum atomic E-state index is -0.508. The number of amides is 1. The number of nitrogens with zero attached hydrogens (tertiary/aromatic N) is 2. The molecule has 0 aliphatic carbocycles. The molecular weight excluding hydrogens is 230 g/mol. The number of ether oxygens (including phenoxy) is 1. The van der Waals surface area contributed by atoms with Gasteiger partial charge in [-0.2, -0.15) is 0 Å². The van der Waals surface area contributed by atoms with Gasteiger partial charge in [0.25, 0.3) is 0 Å². The van der Waals surface area contributed by atoms with E-state index in [-0.39, 0.29) is 5.92 Å². The molecule has 96 valence electrons. The number of rotatable bonds is 1. The molecule has 0 spiro atoms. The molecule has 2 rings (SSSR count). The van der Waals surface area contributed by atoms with Crippen LogP contribution in [-0.2, 0) is 4.74 Å². The fraction of sp³-hybridized carbons (Fsp3) is 0.462. The van der Waals surface area contributed by atoms with E-state index in [0.717, 1.165) is 12.1 Å². The summed E-state index contributed by atoms with van der Waals surface area (Å²) in [7, 11) is 0. The summed E-state index contributed by atoms with van der Waals surface area (Å²) < 4.78 is 5.17. The van der Waals surface area contributed by atoms with E-state index >= 15 is 0 Å². The van der Waals surface area contributed by atoms with E-state index in [2.05, 4.69) is 15.3 Å². The highest BCUT2D eigenvalue weighted by Gasteiger charge is 2.21. The first-order valence-corrected chi connectivity index (χ1v) is 5.93. The lowest BCUT2D eigenvalue weighted by Gasteiger charge is -2.22. The van der Waals surface area contributed by atoms with Gasteiger partial charge in [-0.05, 0) is 39.3 Å². The Labute approximate surface area is 106 Å². The Morgan fingerprint density at radius 2 is 2.28 bits per heavy atom. The summed E-state index contributed by atoms with van der Waals surface area (Å²) in [5, 5.41) is 2.64. The molecule has 1 N–H and O–H groups in total. The van der Waals surface area contributed by atoms with Crippen molar-refractivity contribution in [2.24, 2.45) is 15.9 Å². The Balaban J connectivity index is 1.98. The summed E-state index contributed by atoms with van der Waals surface area (Å²) in [6.45, 7) is 5.47. The van der Waals surface area contributed by atoms with Crippen molar-refractivity contribution in [1.82, 2.24) is 5.32 Å². The summed E-state index contributed by atoms with van der Waals surface area (Å²) in [6, 6.07) is 0. The highest BCUT2D eigenvalue weighted by atomic mass is 16.6. The van der Waals surface area contributed by atoms with E-state index in [1.165, 1.54) is 0 Å². The van der Waals surface area contributed by atoms with Crippen LogP contribution in [0.3, 0.4) is 0 Å². The quantitative estimate of drug-likeness (QED) is 0.773. The molecule has 2 aliphatic heterocycles. The molecule has 2 aliphatic rings. The second-order valence-corrected chi connectivity index (χ2v) is 5.21. The van der Waals surface area contributed by atoms with E-state index < -0.39 is 11.7 Å². The third kappa shape index (κ3) is 3.29. The molecule has 2 heterocycles. The number of nitrogens with one attached hydrogen (secondary N) is 1. The average Bonchev–Trinajstić information content (AvgIpc) is 2.26. The van der Waals surface area contributed by atoms with Gasteiger partial charge in [0.15, 0.2) is 0 Å². The topological polar surface area (TPSA) is 63.0 Å². The van der Waals surface area contributed by atoms with Gasteiger partial charge in [0.05, 0.1) is 5.71 Å². The van der Waals surface area contributed by atoms with Gasteiger partial charge < -0.3 is 4.74 Å². The minimum Gasteiger partial charge on any atom is -0.444 e. The molecule has 18 heavy (non-hydrogen) atoms. The van der Waals surface area contributed by atoms with E-state index in [1.807, 2.05) is 39.1 Å². The predicted molar refractivity (Wildman–Crippen MR) is 70.6 cm³/mol. The van der Waals surface area contributed by atoms with Gasteiger partial charge in [-0.1, -0.05) is 0 Å². The van der Waals surface area contributed by atoms with Gasteiger partial charge in [0, 0.05) is 18.3 Å². The van der Waals surface area contributed by atoms with E-state index in [4.69, 9.17) is 4.74 Å². The van der Waals surface area contributed by atoms with Crippen molar-refractivity contribution in [1.29, 1.82) is 0 Å². The molecule has 5 nitrogen and oxygen atoms in total. The maximum atomic E-state index is 11.6. The standard InChI is InChI=1S/C13H17N3O2/c1-13(2,3)18-12(17)16-11-5-4-9-8-14-7-6-10(9)15-11/h5-9H,4H2,1-3H3,(H,16,17). The van der Waals surface area contributed by atoms with E-state index in [0.29, 0.717) is 5.82 Å². The summed E-state index contributed by atoms with van der Waals surface area (Å²) in [5.74, 6) is 0.759. The zero-order valence-electron chi connectivity index (χ0n) is 10.8. The Morgan fingerprint density at radius 1 is 1.50 bits per heavy atom. The Morgan fingerprint density at radius 3 is 3.00 bits per heavy atom. The van der Waals surface area contributed by atoms with Crippen LogP contribution in [0.15, 0.2) is 34.2 Å². The normalized spacial score (nSPS) is 21.8. The fourth-order valence-corrected chi connectivity index (χ4v) is 1.69. The number of aliphatic imine (C=N–C) groups is 2. The van der Waals surface area contributed by atoms with E-state index in [1.54, 1.807) is 6.20 Å². The number of allylic oxidation sites excluding steroid dienone is 2. The highest BCUT2D eigenvalue weighted by molar-refractivity contribution is 6.08. The van der Waals surface area contributed by atoms with Crippen LogP contribution >= 0.6 is 0 Å². The van der Waals surface area contributed by atoms with Gasteiger partial charge >= 0.3 is 6.09 Å². The molecule has 0 aromatic carbocycles. The van der Waals surface area contributed by atoms with Gasteiger partial charge in [-0.15, -0.1) is 0 Å². The maximum absolute atomic E-state index is 11.6. The fourth-order valence-electron chi connectivity index (χ4n) is 1.69. The summed E-state index contributed by atoms with van der Waals surface area (Å²) in [4.78, 5) is 20.0. The van der Waals surface area contributed by atoms with Crippen molar-refractivity contribution in [3.8, 4) is 0 Å². The molecule has 0 saturated heterocycles. The summed E-state index contributed by atoms with van der Waals surface area (Å²) in [6.07, 6.45) is 7.60. The molecule has 1 unspecified atom stereocenters. The van der Waals surface area contributed by atoms with Crippen molar-refractivity contribution in [3.63, 3.8) is 0 Å². The number of alkyl carbamates (subject to hydrolysis) is 1. The van der Waals surface area contributed by atoms with Crippen molar-refractivity contribution in [2.45, 2.75) is 32.8 Å². The Bertz CT molecular complexity index is 467. The van der Waals surface area contributed by atoms with Crippen molar-refractivity contribution >= 4 is 18.0 Å². The van der Waals surface area contributed by atoms with Crippen LogP contribution in [-0.4, -0.2) is 23.6 Å². The van der Waals surface area contributed by atoms with Crippen molar-refractivity contribution in [3.05, 3.63) is 24.2 Å². The van der Waals surface area contributed by atoms with Crippen LogP contribution in [0.1, 0.15) is 27.2 Å². The predicted octanol–water partition coefficient (Wildman–Crippen LogP) is 2.41. The first kappa shape index (κ1) is 12.5. The number of carbonyl (C=O) groups is 1. The van der Waals surface area contributed by atoms with Gasteiger partial charge in [-0.3, -0.25) is 10.3 Å². The molecule has 5 heteroatoms. The molecule has 0 fully saturated rings. The maximum Gasteiger partial charge on any atom is 0.413 e. The largest absolute Gasteiger partial charge is 0.444 e. The summed E-state index contributed by atoms with van der Waals surface area (Å²) >= 11 is 0. The van der Waals surface area contributed by atoms with Crippen LogP contribution in [0.5, 0.6) is 0 Å². The van der Waals surface area contributed by atoms with Gasteiger partial charge in [-0.25, -0.2) is 9.79 Å². The number of hydrogen-bond donors (Lipinski definition) is 1. The second-order valence-electron chi connectivity index (χ2n) is 5.21. The molecule has 1 amide bonds. The molecule has 0 radical (unpaired) electrons. The lowest BCUT2D eigenvalue weighted by molar-refractivity contribution is 0.0545. The first-order valence-electron chi connectivity index (χ1n) is 5.93. The van der Waals surface area contributed by atoms with Crippen LogP contribution < -0.4 is 5.32 Å². The monoisotopic (exact) mass is 247 g/mol. The molecule has 0 saturated carbocycles. The Kier molecular flexibility index (Phi) is 3.32. The molecule has 0 aromatic heterocycles. The molecule has 0 bridgehead atoms. The molecular formula is C13H17N3O2. The minimum absolute atomic E-state index is 0.221. The van der Waals surface area contributed by atoms with Gasteiger partial charge in [0.1, 0.15) is 11.4 Å². The first-order chi connectivity index (χ1) is 8.44. The van der Waals surface area contributed by atoms with Crippen LogP contribution in [0.25, 0.3) is 0 Å². The molecule has 0 aromatic rings.